The third kappa shape index (κ3) is 3.73. The van der Waals surface area contributed by atoms with Gasteiger partial charge in [0.2, 0.25) is 5.91 Å². The van der Waals surface area contributed by atoms with E-state index in [0.717, 1.165) is 32.0 Å². The Labute approximate surface area is 111 Å². The highest BCUT2D eigenvalue weighted by atomic mass is 19.1. The van der Waals surface area contributed by atoms with Crippen molar-refractivity contribution >= 4 is 5.91 Å². The van der Waals surface area contributed by atoms with Crippen molar-refractivity contribution in [3.05, 3.63) is 35.4 Å². The van der Waals surface area contributed by atoms with Crippen LogP contribution in [-0.4, -0.2) is 30.9 Å². The Morgan fingerprint density at radius 2 is 1.84 bits per heavy atom. The maximum absolute atomic E-state index is 13.1. The summed E-state index contributed by atoms with van der Waals surface area (Å²) < 4.78 is 26.2. The lowest BCUT2D eigenvalue weighted by atomic mass is 9.95. The van der Waals surface area contributed by atoms with E-state index in [2.05, 4.69) is 10.2 Å². The number of rotatable bonds is 3. The van der Waals surface area contributed by atoms with Crippen molar-refractivity contribution in [2.75, 3.05) is 20.1 Å². The number of carbonyl (C=O) groups excluding carboxylic acids is 1. The molecule has 1 N–H and O–H groups in total. The van der Waals surface area contributed by atoms with Crippen LogP contribution in [0.15, 0.2) is 18.2 Å². The van der Waals surface area contributed by atoms with Crippen molar-refractivity contribution in [3.63, 3.8) is 0 Å². The molecule has 3 nitrogen and oxygen atoms in total. The maximum Gasteiger partial charge on any atom is 0.222 e. The number of amides is 1. The molecule has 2 rings (SSSR count). The SMILES string of the molecule is CNC(=O)C1CCN(Cc2cc(F)cc(F)c2)CC1. The molecule has 0 aromatic heterocycles. The second kappa shape index (κ2) is 6.10. The molecule has 1 aliphatic heterocycles. The second-order valence-corrected chi connectivity index (χ2v) is 4.94. The molecule has 0 atom stereocenters. The van der Waals surface area contributed by atoms with Crippen molar-refractivity contribution in [1.82, 2.24) is 10.2 Å². The third-order valence-electron chi connectivity index (χ3n) is 3.53. The minimum absolute atomic E-state index is 0.0606. The molecule has 0 aliphatic carbocycles. The lowest BCUT2D eigenvalue weighted by Crippen LogP contribution is -2.39. The molecule has 19 heavy (non-hydrogen) atoms. The number of likely N-dealkylation sites (tertiary alicyclic amines) is 1. The molecule has 1 aliphatic rings. The predicted molar refractivity (Wildman–Crippen MR) is 68.4 cm³/mol. The van der Waals surface area contributed by atoms with E-state index < -0.39 is 11.6 Å². The number of piperidine rings is 1. The van der Waals surface area contributed by atoms with Gasteiger partial charge in [-0.15, -0.1) is 0 Å². The lowest BCUT2D eigenvalue weighted by Gasteiger charge is -2.31. The van der Waals surface area contributed by atoms with Crippen molar-refractivity contribution in [3.8, 4) is 0 Å². The zero-order chi connectivity index (χ0) is 13.8. The van der Waals surface area contributed by atoms with Crippen LogP contribution in [0.4, 0.5) is 8.78 Å². The molecular weight excluding hydrogens is 250 g/mol. The first-order valence-electron chi connectivity index (χ1n) is 6.47. The molecule has 1 fully saturated rings. The normalized spacial score (nSPS) is 17.4. The Balaban J connectivity index is 1.90. The Morgan fingerprint density at radius 1 is 1.26 bits per heavy atom. The van der Waals surface area contributed by atoms with Gasteiger partial charge in [-0.2, -0.15) is 0 Å². The van der Waals surface area contributed by atoms with Crippen molar-refractivity contribution < 1.29 is 13.6 Å². The zero-order valence-electron chi connectivity index (χ0n) is 11.0. The number of halogens is 2. The van der Waals surface area contributed by atoms with Crippen molar-refractivity contribution in [2.24, 2.45) is 5.92 Å². The van der Waals surface area contributed by atoms with E-state index >= 15 is 0 Å². The number of hydrogen-bond acceptors (Lipinski definition) is 2. The van der Waals surface area contributed by atoms with E-state index in [0.29, 0.717) is 12.1 Å². The number of carbonyl (C=O) groups is 1. The molecule has 0 radical (unpaired) electrons. The zero-order valence-corrected chi connectivity index (χ0v) is 11.0. The Bertz CT molecular complexity index is 437. The van der Waals surface area contributed by atoms with Crippen LogP contribution in [0.1, 0.15) is 18.4 Å². The maximum atomic E-state index is 13.1. The molecule has 0 spiro atoms. The molecule has 1 saturated heterocycles. The first kappa shape index (κ1) is 13.9. The smallest absolute Gasteiger partial charge is 0.222 e. The van der Waals surface area contributed by atoms with Gasteiger partial charge in [-0.1, -0.05) is 0 Å². The van der Waals surface area contributed by atoms with Crippen LogP contribution < -0.4 is 5.32 Å². The van der Waals surface area contributed by atoms with Gasteiger partial charge in [-0.25, -0.2) is 8.78 Å². The van der Waals surface area contributed by atoms with Crippen LogP contribution in [0, 0.1) is 17.6 Å². The van der Waals surface area contributed by atoms with Crippen LogP contribution >= 0.6 is 0 Å². The molecule has 0 saturated carbocycles. The van der Waals surface area contributed by atoms with Gasteiger partial charge in [0.25, 0.3) is 0 Å². The van der Waals surface area contributed by atoms with Gasteiger partial charge in [0.1, 0.15) is 11.6 Å². The van der Waals surface area contributed by atoms with Gasteiger partial charge in [-0.3, -0.25) is 9.69 Å². The molecule has 5 heteroatoms. The Kier molecular flexibility index (Phi) is 4.47. The fourth-order valence-corrected chi connectivity index (χ4v) is 2.52. The van der Waals surface area contributed by atoms with E-state index in [1.54, 1.807) is 7.05 Å². The molecule has 0 unspecified atom stereocenters. The standard InChI is InChI=1S/C14H18F2N2O/c1-17-14(19)11-2-4-18(5-3-11)9-10-6-12(15)8-13(16)7-10/h6-8,11H,2-5,9H2,1H3,(H,17,19). The molecule has 1 amide bonds. The molecule has 1 aromatic rings. The van der Waals surface area contributed by atoms with E-state index in [4.69, 9.17) is 0 Å². The predicted octanol–water partition coefficient (Wildman–Crippen LogP) is 1.92. The highest BCUT2D eigenvalue weighted by Crippen LogP contribution is 2.19. The van der Waals surface area contributed by atoms with Gasteiger partial charge < -0.3 is 5.32 Å². The minimum Gasteiger partial charge on any atom is -0.359 e. The summed E-state index contributed by atoms with van der Waals surface area (Å²) in [6, 6.07) is 3.59. The number of benzene rings is 1. The van der Waals surface area contributed by atoms with Crippen LogP contribution in [-0.2, 0) is 11.3 Å². The number of nitrogens with one attached hydrogen (secondary N) is 1. The highest BCUT2D eigenvalue weighted by molar-refractivity contribution is 5.78. The molecule has 1 heterocycles. The summed E-state index contributed by atoms with van der Waals surface area (Å²) in [5.74, 6) is -0.951. The summed E-state index contributed by atoms with van der Waals surface area (Å²) in [6.07, 6.45) is 1.58. The summed E-state index contributed by atoms with van der Waals surface area (Å²) in [7, 11) is 1.64. The van der Waals surface area contributed by atoms with E-state index in [9.17, 15) is 13.6 Å². The van der Waals surface area contributed by atoms with Crippen LogP contribution in [0.5, 0.6) is 0 Å². The van der Waals surface area contributed by atoms with Crippen molar-refractivity contribution in [1.29, 1.82) is 0 Å². The highest BCUT2D eigenvalue weighted by Gasteiger charge is 2.24. The van der Waals surface area contributed by atoms with E-state index in [1.165, 1.54) is 12.1 Å². The average molecular weight is 268 g/mol. The van der Waals surface area contributed by atoms with Crippen LogP contribution in [0.25, 0.3) is 0 Å². The fourth-order valence-electron chi connectivity index (χ4n) is 2.52. The second-order valence-electron chi connectivity index (χ2n) is 4.94. The molecule has 1 aromatic carbocycles. The first-order chi connectivity index (χ1) is 9.08. The summed E-state index contributed by atoms with van der Waals surface area (Å²) in [4.78, 5) is 13.6. The van der Waals surface area contributed by atoms with Gasteiger partial charge in [0.05, 0.1) is 0 Å². The lowest BCUT2D eigenvalue weighted by molar-refractivity contribution is -0.125. The number of hydrogen-bond donors (Lipinski definition) is 1. The van der Waals surface area contributed by atoms with Gasteiger partial charge in [0.15, 0.2) is 0 Å². The quantitative estimate of drug-likeness (QED) is 0.908. The van der Waals surface area contributed by atoms with Crippen molar-refractivity contribution in [2.45, 2.75) is 19.4 Å². The summed E-state index contributed by atoms with van der Waals surface area (Å²) in [6.45, 7) is 2.07. The Hall–Kier alpha value is -1.49. The van der Waals surface area contributed by atoms with Gasteiger partial charge in [-0.05, 0) is 43.6 Å². The topological polar surface area (TPSA) is 32.3 Å². The van der Waals surface area contributed by atoms with Gasteiger partial charge >= 0.3 is 0 Å². The fraction of sp³-hybridized carbons (Fsp3) is 0.500. The Morgan fingerprint density at radius 3 is 2.37 bits per heavy atom. The van der Waals surface area contributed by atoms with Crippen LogP contribution in [0.2, 0.25) is 0 Å². The molecular formula is C14H18F2N2O. The van der Waals surface area contributed by atoms with E-state index in [1.807, 2.05) is 0 Å². The summed E-state index contributed by atoms with van der Waals surface area (Å²) in [5, 5.41) is 2.66. The minimum atomic E-state index is -0.546. The molecule has 104 valence electrons. The monoisotopic (exact) mass is 268 g/mol. The van der Waals surface area contributed by atoms with E-state index in [-0.39, 0.29) is 11.8 Å². The van der Waals surface area contributed by atoms with Gasteiger partial charge in [0, 0.05) is 25.6 Å². The number of nitrogens with zero attached hydrogens (tertiary/aromatic N) is 1. The summed E-state index contributed by atoms with van der Waals surface area (Å²) >= 11 is 0. The largest absolute Gasteiger partial charge is 0.359 e. The third-order valence-corrected chi connectivity index (χ3v) is 3.53. The molecule has 0 bridgehead atoms. The average Bonchev–Trinajstić information content (AvgIpc) is 2.37. The van der Waals surface area contributed by atoms with Crippen LogP contribution in [0.3, 0.4) is 0 Å². The summed E-state index contributed by atoms with van der Waals surface area (Å²) in [5.41, 5.74) is 0.635. The first-order valence-corrected chi connectivity index (χ1v) is 6.47.